The van der Waals surface area contributed by atoms with E-state index in [2.05, 4.69) is 10.6 Å². The first-order valence-electron chi connectivity index (χ1n) is 8.40. The molecule has 2 aromatic carbocycles. The Kier molecular flexibility index (Phi) is 4.97. The van der Waals surface area contributed by atoms with Crippen molar-refractivity contribution in [3.05, 3.63) is 47.5 Å². The minimum absolute atomic E-state index is 0.0991. The Bertz CT molecular complexity index is 851. The molecule has 4 N–H and O–H groups in total. The molecule has 2 aromatic rings. The number of hydrogen-bond donors (Lipinski definition) is 3. The van der Waals surface area contributed by atoms with Crippen LogP contribution in [0.1, 0.15) is 29.8 Å². The van der Waals surface area contributed by atoms with Gasteiger partial charge in [0.2, 0.25) is 0 Å². The summed E-state index contributed by atoms with van der Waals surface area (Å²) in [7, 11) is 0. The maximum absolute atomic E-state index is 12.6. The average molecular weight is 355 g/mol. The molecule has 7 nitrogen and oxygen atoms in total. The summed E-state index contributed by atoms with van der Waals surface area (Å²) in [4.78, 5) is 23.6. The first-order valence-corrected chi connectivity index (χ1v) is 8.40. The Hall–Kier alpha value is -3.22. The van der Waals surface area contributed by atoms with Gasteiger partial charge in [0.05, 0.1) is 12.3 Å². The Labute approximate surface area is 151 Å². The molecule has 0 radical (unpaired) electrons. The smallest absolute Gasteiger partial charge is 0.316 e. The summed E-state index contributed by atoms with van der Waals surface area (Å²) < 4.78 is 11.4. The van der Waals surface area contributed by atoms with Crippen molar-refractivity contribution in [1.29, 1.82) is 0 Å². The van der Waals surface area contributed by atoms with Crippen molar-refractivity contribution in [3.8, 4) is 11.5 Å². The van der Waals surface area contributed by atoms with Crippen LogP contribution in [-0.2, 0) is 6.42 Å². The highest BCUT2D eigenvalue weighted by Gasteiger charge is 2.22. The second kappa shape index (κ2) is 7.35. The molecular weight excluding hydrogens is 334 g/mol. The van der Waals surface area contributed by atoms with Crippen molar-refractivity contribution in [1.82, 2.24) is 0 Å². The molecule has 0 spiro atoms. The third-order valence-electron chi connectivity index (χ3n) is 3.94. The van der Waals surface area contributed by atoms with Crippen LogP contribution in [0, 0.1) is 0 Å². The van der Waals surface area contributed by atoms with Gasteiger partial charge in [-0.05, 0) is 38.1 Å². The van der Waals surface area contributed by atoms with Crippen LogP contribution in [0.3, 0.4) is 0 Å². The van der Waals surface area contributed by atoms with E-state index < -0.39 is 6.03 Å². The zero-order valence-corrected chi connectivity index (χ0v) is 14.7. The number of carbonyl (C=O) groups is 2. The molecule has 7 heteroatoms. The summed E-state index contributed by atoms with van der Waals surface area (Å²) in [5, 5.41) is 5.30. The first-order chi connectivity index (χ1) is 12.5. The van der Waals surface area contributed by atoms with Crippen LogP contribution < -0.4 is 25.8 Å². The number of nitrogens with one attached hydrogen (secondary N) is 2. The number of anilines is 2. The van der Waals surface area contributed by atoms with Crippen LogP contribution in [-0.4, -0.2) is 24.6 Å². The topological polar surface area (TPSA) is 103 Å². The van der Waals surface area contributed by atoms with Gasteiger partial charge in [0.1, 0.15) is 17.6 Å². The van der Waals surface area contributed by atoms with Gasteiger partial charge >= 0.3 is 6.03 Å². The Morgan fingerprint density at radius 1 is 1.27 bits per heavy atom. The predicted octanol–water partition coefficient (Wildman–Crippen LogP) is 3.15. The van der Waals surface area contributed by atoms with E-state index in [9.17, 15) is 9.59 Å². The average Bonchev–Trinajstić information content (AvgIpc) is 2.94. The molecule has 0 aromatic heterocycles. The van der Waals surface area contributed by atoms with E-state index in [0.29, 0.717) is 29.3 Å². The van der Waals surface area contributed by atoms with Gasteiger partial charge in [-0.15, -0.1) is 0 Å². The Balaban J connectivity index is 1.85. The van der Waals surface area contributed by atoms with Crippen LogP contribution >= 0.6 is 0 Å². The molecule has 0 saturated heterocycles. The lowest BCUT2D eigenvalue weighted by Crippen LogP contribution is -2.20. The number of urea groups is 1. The molecule has 1 heterocycles. The van der Waals surface area contributed by atoms with E-state index in [1.807, 2.05) is 19.9 Å². The van der Waals surface area contributed by atoms with Crippen LogP contribution in [0.25, 0.3) is 0 Å². The zero-order chi connectivity index (χ0) is 18.7. The van der Waals surface area contributed by atoms with Gasteiger partial charge in [0.15, 0.2) is 0 Å². The van der Waals surface area contributed by atoms with E-state index in [4.69, 9.17) is 15.2 Å². The minimum Gasteiger partial charge on any atom is -0.492 e. The number of carbonyl (C=O) groups excluding carboxylic acids is 2. The minimum atomic E-state index is -0.689. The number of nitrogens with two attached hydrogens (primary N) is 1. The lowest BCUT2D eigenvalue weighted by Gasteiger charge is -2.14. The van der Waals surface area contributed by atoms with Gasteiger partial charge < -0.3 is 25.8 Å². The Morgan fingerprint density at radius 2 is 2.08 bits per heavy atom. The van der Waals surface area contributed by atoms with E-state index in [1.165, 1.54) is 0 Å². The summed E-state index contributed by atoms with van der Waals surface area (Å²) in [6.45, 7) is 4.36. The molecular formula is C19H21N3O4. The zero-order valence-electron chi connectivity index (χ0n) is 14.7. The first kappa shape index (κ1) is 17.6. The molecule has 0 fully saturated rings. The highest BCUT2D eigenvalue weighted by Crippen LogP contribution is 2.38. The van der Waals surface area contributed by atoms with Crippen molar-refractivity contribution in [2.24, 2.45) is 5.73 Å². The number of benzene rings is 2. The van der Waals surface area contributed by atoms with Crippen molar-refractivity contribution in [3.63, 3.8) is 0 Å². The summed E-state index contributed by atoms with van der Waals surface area (Å²) in [5.41, 5.74) is 7.54. The van der Waals surface area contributed by atoms with Crippen LogP contribution in [0.2, 0.25) is 0 Å². The number of fused-ring (bicyclic) bond motifs is 1. The summed E-state index contributed by atoms with van der Waals surface area (Å²) in [5.74, 6) is 1.02. The molecule has 26 heavy (non-hydrogen) atoms. The van der Waals surface area contributed by atoms with Crippen LogP contribution in [0.4, 0.5) is 16.2 Å². The standard InChI is InChI=1S/C19H21N3O4/c1-3-25-17-9-13-7-11(2)26-16(13)10-15(17)22-18(23)12-5-4-6-14(8-12)21-19(20)24/h4-6,8-11H,3,7H2,1-2H3,(H,22,23)(H3,20,21,24)/t11-/m1/s1. The predicted molar refractivity (Wildman–Crippen MR) is 99.0 cm³/mol. The van der Waals surface area contributed by atoms with Gasteiger partial charge in [-0.2, -0.15) is 0 Å². The van der Waals surface area contributed by atoms with E-state index in [-0.39, 0.29) is 12.0 Å². The number of hydrogen-bond acceptors (Lipinski definition) is 4. The lowest BCUT2D eigenvalue weighted by molar-refractivity contribution is 0.102. The van der Waals surface area contributed by atoms with Gasteiger partial charge in [-0.1, -0.05) is 6.07 Å². The lowest BCUT2D eigenvalue weighted by atomic mass is 10.1. The van der Waals surface area contributed by atoms with Crippen molar-refractivity contribution in [2.45, 2.75) is 26.4 Å². The summed E-state index contributed by atoms with van der Waals surface area (Å²) >= 11 is 0. The molecule has 1 atom stereocenters. The van der Waals surface area contributed by atoms with E-state index in [0.717, 1.165) is 17.7 Å². The van der Waals surface area contributed by atoms with Crippen molar-refractivity contribution >= 4 is 23.3 Å². The third-order valence-corrected chi connectivity index (χ3v) is 3.94. The molecule has 0 unspecified atom stereocenters. The molecule has 0 bridgehead atoms. The van der Waals surface area contributed by atoms with Crippen LogP contribution in [0.15, 0.2) is 36.4 Å². The highest BCUT2D eigenvalue weighted by molar-refractivity contribution is 6.06. The molecule has 0 aliphatic carbocycles. The van der Waals surface area contributed by atoms with Gasteiger partial charge in [-0.3, -0.25) is 4.79 Å². The third kappa shape index (κ3) is 3.88. The molecule has 3 amide bonds. The highest BCUT2D eigenvalue weighted by atomic mass is 16.5. The fourth-order valence-corrected chi connectivity index (χ4v) is 2.89. The fraction of sp³-hybridized carbons (Fsp3) is 0.263. The summed E-state index contributed by atoms with van der Waals surface area (Å²) in [6, 6.07) is 9.51. The number of rotatable bonds is 5. The normalized spacial score (nSPS) is 14.9. The Morgan fingerprint density at radius 3 is 2.81 bits per heavy atom. The molecule has 1 aliphatic rings. The second-order valence-electron chi connectivity index (χ2n) is 6.05. The van der Waals surface area contributed by atoms with Gasteiger partial charge in [0.25, 0.3) is 5.91 Å². The van der Waals surface area contributed by atoms with Gasteiger partial charge in [0, 0.05) is 29.3 Å². The monoisotopic (exact) mass is 355 g/mol. The van der Waals surface area contributed by atoms with Crippen LogP contribution in [0.5, 0.6) is 11.5 Å². The molecule has 0 saturated carbocycles. The quantitative estimate of drug-likeness (QED) is 0.766. The fourth-order valence-electron chi connectivity index (χ4n) is 2.89. The number of amides is 3. The summed E-state index contributed by atoms with van der Waals surface area (Å²) in [6.07, 6.45) is 0.909. The van der Waals surface area contributed by atoms with Crippen molar-refractivity contribution < 1.29 is 19.1 Å². The molecule has 136 valence electrons. The van der Waals surface area contributed by atoms with E-state index in [1.54, 1.807) is 30.3 Å². The maximum Gasteiger partial charge on any atom is 0.316 e. The largest absolute Gasteiger partial charge is 0.492 e. The number of ether oxygens (including phenoxy) is 2. The van der Waals surface area contributed by atoms with E-state index >= 15 is 0 Å². The maximum atomic E-state index is 12.6. The molecule has 1 aliphatic heterocycles. The number of primary amides is 1. The molecule has 3 rings (SSSR count). The van der Waals surface area contributed by atoms with Crippen molar-refractivity contribution in [2.75, 3.05) is 17.2 Å². The van der Waals surface area contributed by atoms with Gasteiger partial charge in [-0.25, -0.2) is 4.79 Å². The SMILES string of the molecule is CCOc1cc2c(cc1NC(=O)c1cccc(NC(N)=O)c1)O[C@H](C)C2. The second-order valence-corrected chi connectivity index (χ2v) is 6.05.